The fraction of sp³-hybridized carbons (Fsp3) is 0.533. The van der Waals surface area contributed by atoms with E-state index in [0.29, 0.717) is 10.7 Å². The van der Waals surface area contributed by atoms with Crippen molar-refractivity contribution in [2.75, 3.05) is 5.73 Å². The third-order valence-corrected chi connectivity index (χ3v) is 4.59. The second-order valence-electron chi connectivity index (χ2n) is 5.75. The minimum atomic E-state index is 0.536. The summed E-state index contributed by atoms with van der Waals surface area (Å²) in [7, 11) is 0. The topological polar surface area (TPSA) is 69.6 Å². The fourth-order valence-corrected chi connectivity index (χ4v) is 3.19. The number of nitrogens with zero attached hydrogens (tertiary/aromatic N) is 4. The Kier molecular flexibility index (Phi) is 4.39. The molecule has 0 spiro atoms. The van der Waals surface area contributed by atoms with E-state index >= 15 is 0 Å². The van der Waals surface area contributed by atoms with E-state index in [2.05, 4.69) is 15.5 Å². The molecule has 1 aromatic carbocycles. The van der Waals surface area contributed by atoms with Gasteiger partial charge in [-0.25, -0.2) is 4.68 Å². The molecular formula is C15H20ClN5. The summed E-state index contributed by atoms with van der Waals surface area (Å²) in [6, 6.07) is 5.52. The summed E-state index contributed by atoms with van der Waals surface area (Å²) in [5.74, 6) is 1.57. The molecule has 1 aromatic heterocycles. The van der Waals surface area contributed by atoms with Crippen LogP contribution in [0, 0.1) is 5.92 Å². The SMILES string of the molecule is Nc1ccc(-c2nnnn2CCC2CCCCC2)cc1Cl. The van der Waals surface area contributed by atoms with Crippen molar-refractivity contribution in [3.8, 4) is 11.4 Å². The van der Waals surface area contributed by atoms with Crippen LogP contribution < -0.4 is 5.73 Å². The molecule has 1 fully saturated rings. The quantitative estimate of drug-likeness (QED) is 0.877. The zero-order valence-electron chi connectivity index (χ0n) is 12.0. The summed E-state index contributed by atoms with van der Waals surface area (Å²) in [5, 5.41) is 12.6. The van der Waals surface area contributed by atoms with Crippen molar-refractivity contribution >= 4 is 17.3 Å². The van der Waals surface area contributed by atoms with Crippen LogP contribution >= 0.6 is 11.6 Å². The molecule has 6 heteroatoms. The van der Waals surface area contributed by atoms with Gasteiger partial charge in [0.15, 0.2) is 5.82 Å². The average Bonchev–Trinajstić information content (AvgIpc) is 2.97. The lowest BCUT2D eigenvalue weighted by Crippen LogP contribution is -2.11. The van der Waals surface area contributed by atoms with Gasteiger partial charge in [0.2, 0.25) is 0 Å². The second kappa shape index (κ2) is 6.43. The van der Waals surface area contributed by atoms with E-state index in [1.807, 2.05) is 16.8 Å². The van der Waals surface area contributed by atoms with Crippen molar-refractivity contribution in [1.82, 2.24) is 20.2 Å². The van der Waals surface area contributed by atoms with Crippen LogP contribution in [-0.2, 0) is 6.54 Å². The molecule has 21 heavy (non-hydrogen) atoms. The standard InChI is InChI=1S/C15H20ClN5/c16-13-10-12(6-7-14(13)17)15-18-19-20-21(15)9-8-11-4-2-1-3-5-11/h6-7,10-11H,1-5,8-9,17H2. The highest BCUT2D eigenvalue weighted by atomic mass is 35.5. The van der Waals surface area contributed by atoms with Crippen molar-refractivity contribution in [1.29, 1.82) is 0 Å². The van der Waals surface area contributed by atoms with E-state index in [4.69, 9.17) is 17.3 Å². The first kappa shape index (κ1) is 14.3. The lowest BCUT2D eigenvalue weighted by atomic mass is 9.87. The molecule has 3 rings (SSSR count). The summed E-state index contributed by atoms with van der Waals surface area (Å²) in [6.07, 6.45) is 7.93. The van der Waals surface area contributed by atoms with Gasteiger partial charge in [-0.3, -0.25) is 0 Å². The van der Waals surface area contributed by atoms with E-state index in [1.165, 1.54) is 32.1 Å². The molecule has 0 amide bonds. The lowest BCUT2D eigenvalue weighted by Gasteiger charge is -2.21. The highest BCUT2D eigenvalue weighted by Crippen LogP contribution is 2.28. The molecule has 2 N–H and O–H groups in total. The van der Waals surface area contributed by atoms with Gasteiger partial charge in [-0.2, -0.15) is 0 Å². The molecule has 1 aliphatic carbocycles. The molecule has 0 bridgehead atoms. The van der Waals surface area contributed by atoms with Crippen molar-refractivity contribution in [3.05, 3.63) is 23.2 Å². The molecule has 1 aliphatic rings. The molecular weight excluding hydrogens is 286 g/mol. The first-order valence-corrected chi connectivity index (χ1v) is 7.93. The molecule has 2 aromatic rings. The Labute approximate surface area is 129 Å². The maximum atomic E-state index is 6.08. The minimum absolute atomic E-state index is 0.536. The van der Waals surface area contributed by atoms with Crippen LogP contribution in [0.4, 0.5) is 5.69 Å². The third-order valence-electron chi connectivity index (χ3n) is 4.26. The van der Waals surface area contributed by atoms with Crippen molar-refractivity contribution < 1.29 is 0 Å². The van der Waals surface area contributed by atoms with Crippen molar-refractivity contribution in [3.63, 3.8) is 0 Å². The molecule has 0 saturated heterocycles. The number of hydrogen-bond acceptors (Lipinski definition) is 4. The van der Waals surface area contributed by atoms with Gasteiger partial charge in [0.1, 0.15) is 0 Å². The van der Waals surface area contributed by atoms with E-state index in [0.717, 1.165) is 30.3 Å². The monoisotopic (exact) mass is 305 g/mol. The zero-order chi connectivity index (χ0) is 14.7. The van der Waals surface area contributed by atoms with Gasteiger partial charge >= 0.3 is 0 Å². The number of tetrazole rings is 1. The smallest absolute Gasteiger partial charge is 0.182 e. The molecule has 1 saturated carbocycles. The molecule has 1 heterocycles. The van der Waals surface area contributed by atoms with E-state index in [-0.39, 0.29) is 0 Å². The summed E-state index contributed by atoms with van der Waals surface area (Å²) in [4.78, 5) is 0. The van der Waals surface area contributed by atoms with Gasteiger partial charge in [0.25, 0.3) is 0 Å². The van der Waals surface area contributed by atoms with Crippen LogP contribution in [0.15, 0.2) is 18.2 Å². The Balaban J connectivity index is 1.72. The molecule has 0 unspecified atom stereocenters. The van der Waals surface area contributed by atoms with Gasteiger partial charge in [0.05, 0.1) is 10.7 Å². The Bertz CT molecular complexity index is 604. The molecule has 0 aliphatic heterocycles. The predicted molar refractivity (Wildman–Crippen MR) is 83.9 cm³/mol. The number of rotatable bonds is 4. The molecule has 0 atom stereocenters. The number of halogens is 1. The first-order valence-electron chi connectivity index (χ1n) is 7.55. The number of nitrogens with two attached hydrogens (primary N) is 1. The summed E-state index contributed by atoms with van der Waals surface area (Å²) in [5.41, 5.74) is 7.22. The summed E-state index contributed by atoms with van der Waals surface area (Å²) >= 11 is 6.08. The van der Waals surface area contributed by atoms with Gasteiger partial charge in [-0.15, -0.1) is 5.10 Å². The van der Waals surface area contributed by atoms with Crippen LogP contribution in [0.25, 0.3) is 11.4 Å². The third kappa shape index (κ3) is 3.35. The number of aromatic nitrogens is 4. The highest BCUT2D eigenvalue weighted by molar-refractivity contribution is 6.33. The van der Waals surface area contributed by atoms with Crippen LogP contribution in [0.1, 0.15) is 38.5 Å². The molecule has 112 valence electrons. The van der Waals surface area contributed by atoms with E-state index in [1.54, 1.807) is 6.07 Å². The van der Waals surface area contributed by atoms with Gasteiger partial charge in [0, 0.05) is 12.1 Å². The van der Waals surface area contributed by atoms with E-state index in [9.17, 15) is 0 Å². The largest absolute Gasteiger partial charge is 0.398 e. The summed E-state index contributed by atoms with van der Waals surface area (Å²) in [6.45, 7) is 0.856. The van der Waals surface area contributed by atoms with Crippen LogP contribution in [0.5, 0.6) is 0 Å². The van der Waals surface area contributed by atoms with Crippen LogP contribution in [0.2, 0.25) is 5.02 Å². The minimum Gasteiger partial charge on any atom is -0.398 e. The van der Waals surface area contributed by atoms with Gasteiger partial charge in [-0.05, 0) is 41.0 Å². The van der Waals surface area contributed by atoms with Crippen LogP contribution in [-0.4, -0.2) is 20.2 Å². The highest BCUT2D eigenvalue weighted by Gasteiger charge is 2.15. The first-order chi connectivity index (χ1) is 10.2. The van der Waals surface area contributed by atoms with Gasteiger partial charge in [-0.1, -0.05) is 43.7 Å². The number of aryl methyl sites for hydroxylation is 1. The Morgan fingerprint density at radius 1 is 1.24 bits per heavy atom. The molecule has 0 radical (unpaired) electrons. The maximum absolute atomic E-state index is 6.08. The van der Waals surface area contributed by atoms with Gasteiger partial charge < -0.3 is 5.73 Å². The Hall–Kier alpha value is -1.62. The summed E-state index contributed by atoms with van der Waals surface area (Å²) < 4.78 is 1.87. The number of anilines is 1. The maximum Gasteiger partial charge on any atom is 0.182 e. The van der Waals surface area contributed by atoms with Crippen LogP contribution in [0.3, 0.4) is 0 Å². The lowest BCUT2D eigenvalue weighted by molar-refractivity contribution is 0.318. The number of hydrogen-bond donors (Lipinski definition) is 1. The Morgan fingerprint density at radius 3 is 2.81 bits per heavy atom. The van der Waals surface area contributed by atoms with Crippen molar-refractivity contribution in [2.24, 2.45) is 5.92 Å². The van der Waals surface area contributed by atoms with Crippen molar-refractivity contribution in [2.45, 2.75) is 45.1 Å². The van der Waals surface area contributed by atoms with E-state index < -0.39 is 0 Å². The number of nitrogen functional groups attached to an aromatic ring is 1. The zero-order valence-corrected chi connectivity index (χ0v) is 12.8. The average molecular weight is 306 g/mol. The molecule has 5 nitrogen and oxygen atoms in total. The second-order valence-corrected chi connectivity index (χ2v) is 6.16. The Morgan fingerprint density at radius 2 is 2.05 bits per heavy atom. The fourth-order valence-electron chi connectivity index (χ4n) is 3.01. The number of benzene rings is 1. The normalized spacial score (nSPS) is 16.2. The predicted octanol–water partition coefficient (Wildman–Crippen LogP) is 3.55.